The third kappa shape index (κ3) is 7.66. The van der Waals surface area contributed by atoms with E-state index in [1.807, 2.05) is 0 Å². The van der Waals surface area contributed by atoms with Crippen molar-refractivity contribution in [2.75, 3.05) is 0 Å². The molecule has 0 atom stereocenters. The molecule has 0 spiro atoms. The first-order valence-electron chi connectivity index (χ1n) is 3.11. The second kappa shape index (κ2) is 7.98. The number of carboxylic acid groups (broad SMARTS) is 3. The fourth-order valence-corrected chi connectivity index (χ4v) is 0.684. The maximum absolute atomic E-state index is 10.1. The fraction of sp³-hybridized carbons (Fsp3) is 0.500. The zero-order chi connectivity index (χ0) is 10.6. The van der Waals surface area contributed by atoms with Gasteiger partial charge < -0.3 is 34.8 Å². The molecule has 0 aliphatic rings. The van der Waals surface area contributed by atoms with Crippen molar-refractivity contribution in [2.45, 2.75) is 18.4 Å². The maximum Gasteiger partial charge on any atom is 2.00 e. The van der Waals surface area contributed by atoms with Gasteiger partial charge in [0, 0.05) is 24.8 Å². The molecule has 0 amide bonds. The van der Waals surface area contributed by atoms with Gasteiger partial charge in [-0.2, -0.15) is 0 Å². The molecule has 74 valence electrons. The molecule has 0 unspecified atom stereocenters. The number of hydrogen-bond donors (Lipinski definition) is 1. The van der Waals surface area contributed by atoms with Gasteiger partial charge in [0.2, 0.25) is 0 Å². The van der Waals surface area contributed by atoms with Gasteiger partial charge in [0.05, 0.1) is 5.97 Å². The standard InChI is InChI=1S/C6H8O7.Mg.Zn/c7-3(8)1-6(13,5(11)12)2-4(9)10;;/h13H,1-2H2,(H,7,8)(H,9,10)(H,11,12);;/q;2*+2/p-3. The number of hydrogen-bond acceptors (Lipinski definition) is 7. The van der Waals surface area contributed by atoms with Gasteiger partial charge in [0.25, 0.3) is 0 Å². The van der Waals surface area contributed by atoms with Crippen molar-refractivity contribution in [1.29, 1.82) is 0 Å². The summed E-state index contributed by atoms with van der Waals surface area (Å²) in [6, 6.07) is 0. The molecule has 9 heteroatoms. The quantitative estimate of drug-likeness (QED) is 0.494. The molecule has 0 radical (unpaired) electrons. The molecule has 0 aromatic carbocycles. The third-order valence-corrected chi connectivity index (χ3v) is 1.25. The summed E-state index contributed by atoms with van der Waals surface area (Å²) in [6.07, 6.45) is -2.72. The third-order valence-electron chi connectivity index (χ3n) is 1.25. The van der Waals surface area contributed by atoms with Crippen LogP contribution < -0.4 is 15.3 Å². The second-order valence-corrected chi connectivity index (χ2v) is 2.42. The summed E-state index contributed by atoms with van der Waals surface area (Å²) in [4.78, 5) is 30.0. The van der Waals surface area contributed by atoms with Crippen molar-refractivity contribution in [3.63, 3.8) is 0 Å². The predicted molar refractivity (Wildman–Crippen MR) is 35.0 cm³/mol. The average Bonchev–Trinajstić information content (AvgIpc) is 1.82. The Kier molecular flexibility index (Phi) is 10.7. The molecule has 0 rings (SSSR count). The van der Waals surface area contributed by atoms with Crippen molar-refractivity contribution in [3.05, 3.63) is 0 Å². The number of aliphatic hydroxyl groups is 1. The van der Waals surface area contributed by atoms with E-state index in [9.17, 15) is 29.7 Å². The number of carboxylic acids is 3. The smallest absolute Gasteiger partial charge is 0.550 e. The van der Waals surface area contributed by atoms with Crippen LogP contribution in [-0.4, -0.2) is 51.7 Å². The molecule has 0 aliphatic heterocycles. The number of aliphatic carboxylic acids is 3. The molecule has 1 N–H and O–H groups in total. The first kappa shape index (κ1) is 20.2. The van der Waals surface area contributed by atoms with Gasteiger partial charge in [-0.3, -0.25) is 0 Å². The molecule has 0 heterocycles. The Bertz CT molecular complexity index is 238. The van der Waals surface area contributed by atoms with Gasteiger partial charge in [0.15, 0.2) is 0 Å². The molecule has 0 aliphatic carbocycles. The zero-order valence-corrected chi connectivity index (χ0v) is 12.1. The minimum atomic E-state index is -2.97. The van der Waals surface area contributed by atoms with E-state index in [0.29, 0.717) is 0 Å². The first-order chi connectivity index (χ1) is 5.78. The topological polar surface area (TPSA) is 141 Å². The largest absolute Gasteiger partial charge is 2.00 e. The van der Waals surface area contributed by atoms with E-state index < -0.39 is 36.4 Å². The van der Waals surface area contributed by atoms with Gasteiger partial charge >= 0.3 is 42.5 Å². The van der Waals surface area contributed by atoms with Crippen molar-refractivity contribution in [1.82, 2.24) is 0 Å². The van der Waals surface area contributed by atoms with Crippen LogP contribution in [0.3, 0.4) is 0 Å². The van der Waals surface area contributed by atoms with Crippen LogP contribution in [0.15, 0.2) is 0 Å². The maximum atomic E-state index is 10.1. The molecule has 0 aromatic rings. The monoisotopic (exact) mass is 277 g/mol. The Hall–Kier alpha value is -0.240. The molecule has 0 fully saturated rings. The van der Waals surface area contributed by atoms with Crippen molar-refractivity contribution in [2.24, 2.45) is 0 Å². The molecule has 7 nitrogen and oxygen atoms in total. The Morgan fingerprint density at radius 3 is 1.40 bits per heavy atom. The van der Waals surface area contributed by atoms with Crippen LogP contribution in [0.5, 0.6) is 0 Å². The van der Waals surface area contributed by atoms with E-state index in [0.717, 1.165) is 0 Å². The SMILES string of the molecule is O=C([O-])CC(O)(CC(=O)[O-])C(=O)[O-].[Mg+2].[Zn+2]. The van der Waals surface area contributed by atoms with Crippen LogP contribution in [0.1, 0.15) is 12.8 Å². The summed E-state index contributed by atoms with van der Waals surface area (Å²) in [7, 11) is 0. The molecule has 0 saturated heterocycles. The number of carbonyl (C=O) groups is 3. The van der Waals surface area contributed by atoms with E-state index in [1.165, 1.54) is 0 Å². The van der Waals surface area contributed by atoms with Gasteiger partial charge in [-0.1, -0.05) is 0 Å². The van der Waals surface area contributed by atoms with E-state index in [1.54, 1.807) is 0 Å². The summed E-state index contributed by atoms with van der Waals surface area (Å²) < 4.78 is 0. The Labute approximate surface area is 113 Å². The van der Waals surface area contributed by atoms with Crippen LogP contribution >= 0.6 is 0 Å². The Morgan fingerprint density at radius 1 is 1.00 bits per heavy atom. The van der Waals surface area contributed by atoms with Crippen LogP contribution in [-0.2, 0) is 33.9 Å². The minimum absolute atomic E-state index is 0. The molecular formula is C6H5MgO7Zn+. The second-order valence-electron chi connectivity index (χ2n) is 2.42. The van der Waals surface area contributed by atoms with Crippen molar-refractivity contribution in [3.8, 4) is 0 Å². The molecule has 0 bridgehead atoms. The average molecular weight is 279 g/mol. The van der Waals surface area contributed by atoms with Gasteiger partial charge in [-0.05, 0) is 0 Å². The zero-order valence-electron chi connectivity index (χ0n) is 7.73. The Balaban J connectivity index is -0.000000720. The van der Waals surface area contributed by atoms with E-state index in [4.69, 9.17) is 5.11 Å². The first-order valence-corrected chi connectivity index (χ1v) is 3.11. The summed E-state index contributed by atoms with van der Waals surface area (Å²) in [5.74, 6) is -5.98. The minimum Gasteiger partial charge on any atom is -0.550 e. The van der Waals surface area contributed by atoms with E-state index in [2.05, 4.69) is 0 Å². The number of rotatable bonds is 5. The molecule has 0 saturated carbocycles. The molecular weight excluding hydrogens is 274 g/mol. The summed E-state index contributed by atoms with van der Waals surface area (Å²) in [5.41, 5.74) is -2.97. The van der Waals surface area contributed by atoms with Gasteiger partial charge in [-0.15, -0.1) is 0 Å². The van der Waals surface area contributed by atoms with Gasteiger partial charge in [-0.25, -0.2) is 0 Å². The molecule has 15 heavy (non-hydrogen) atoms. The van der Waals surface area contributed by atoms with Crippen LogP contribution in [0.2, 0.25) is 0 Å². The van der Waals surface area contributed by atoms with E-state index >= 15 is 0 Å². The van der Waals surface area contributed by atoms with E-state index in [-0.39, 0.29) is 42.5 Å². The van der Waals surface area contributed by atoms with Crippen molar-refractivity contribution < 1.29 is 54.3 Å². The van der Waals surface area contributed by atoms with Crippen LogP contribution in [0.25, 0.3) is 0 Å². The summed E-state index contributed by atoms with van der Waals surface area (Å²) in [6.45, 7) is 0. The summed E-state index contributed by atoms with van der Waals surface area (Å²) in [5, 5.41) is 38.9. The fourth-order valence-electron chi connectivity index (χ4n) is 0.684. The summed E-state index contributed by atoms with van der Waals surface area (Å²) >= 11 is 0. The van der Waals surface area contributed by atoms with Crippen LogP contribution in [0.4, 0.5) is 0 Å². The normalized spacial score (nSPS) is 9.40. The predicted octanol–water partition coefficient (Wildman–Crippen LogP) is -5.64. The van der Waals surface area contributed by atoms with Gasteiger partial charge in [0.1, 0.15) is 5.60 Å². The van der Waals surface area contributed by atoms with Crippen molar-refractivity contribution >= 4 is 41.0 Å². The number of carbonyl (C=O) groups excluding carboxylic acids is 3. The Morgan fingerprint density at radius 2 is 1.27 bits per heavy atom. The van der Waals surface area contributed by atoms with Crippen LogP contribution in [0, 0.1) is 0 Å². The molecule has 0 aromatic heterocycles.